The average Bonchev–Trinajstić information content (AvgIpc) is 2.94. The van der Waals surface area contributed by atoms with Crippen molar-refractivity contribution in [2.75, 3.05) is 7.05 Å². The van der Waals surface area contributed by atoms with Crippen molar-refractivity contribution in [3.8, 4) is 0 Å². The molecule has 0 aliphatic heterocycles. The van der Waals surface area contributed by atoms with E-state index in [1.165, 1.54) is 12.8 Å². The molecule has 1 fully saturated rings. The lowest BCUT2D eigenvalue weighted by atomic mass is 9.86. The molecule has 1 aliphatic carbocycles. The van der Waals surface area contributed by atoms with Gasteiger partial charge < -0.3 is 10.6 Å². The first-order valence-electron chi connectivity index (χ1n) is 5.77. The van der Waals surface area contributed by atoms with Crippen LogP contribution in [0.25, 0.3) is 0 Å². The molecule has 1 rings (SSSR count). The van der Waals surface area contributed by atoms with Crippen LogP contribution < -0.4 is 5.73 Å². The van der Waals surface area contributed by atoms with E-state index in [0.717, 1.165) is 0 Å². The van der Waals surface area contributed by atoms with Gasteiger partial charge in [-0.05, 0) is 31.1 Å². The highest BCUT2D eigenvalue weighted by atomic mass is 16.2. The van der Waals surface area contributed by atoms with E-state index in [-0.39, 0.29) is 11.3 Å². The Bertz CT molecular complexity index is 240. The van der Waals surface area contributed by atoms with Gasteiger partial charge in [0.2, 0.25) is 5.91 Å². The van der Waals surface area contributed by atoms with Crippen molar-refractivity contribution in [3.05, 3.63) is 0 Å². The van der Waals surface area contributed by atoms with Crippen molar-refractivity contribution in [2.24, 2.45) is 17.1 Å². The maximum atomic E-state index is 12.1. The number of amides is 1. The van der Waals surface area contributed by atoms with Gasteiger partial charge >= 0.3 is 0 Å². The predicted molar refractivity (Wildman–Crippen MR) is 62.4 cm³/mol. The van der Waals surface area contributed by atoms with Gasteiger partial charge in [-0.3, -0.25) is 4.79 Å². The Balaban J connectivity index is 2.58. The van der Waals surface area contributed by atoms with Crippen LogP contribution in [0.4, 0.5) is 0 Å². The van der Waals surface area contributed by atoms with Crippen LogP contribution in [-0.4, -0.2) is 29.9 Å². The topological polar surface area (TPSA) is 46.3 Å². The summed E-state index contributed by atoms with van der Waals surface area (Å²) in [4.78, 5) is 13.9. The minimum Gasteiger partial charge on any atom is -0.341 e. The van der Waals surface area contributed by atoms with Crippen LogP contribution in [0.1, 0.15) is 40.5 Å². The van der Waals surface area contributed by atoms with Gasteiger partial charge in [0, 0.05) is 13.1 Å². The molecule has 2 unspecified atom stereocenters. The predicted octanol–water partition coefficient (Wildman–Crippen LogP) is 1.62. The van der Waals surface area contributed by atoms with Crippen molar-refractivity contribution in [1.29, 1.82) is 0 Å². The second kappa shape index (κ2) is 4.12. The van der Waals surface area contributed by atoms with Crippen LogP contribution in [0, 0.1) is 11.3 Å². The molecule has 2 atom stereocenters. The number of carbonyl (C=O) groups excluding carboxylic acids is 1. The molecule has 3 nitrogen and oxygen atoms in total. The molecule has 1 amide bonds. The third-order valence-corrected chi connectivity index (χ3v) is 3.46. The highest BCUT2D eigenvalue weighted by Crippen LogP contribution is 2.35. The van der Waals surface area contributed by atoms with Gasteiger partial charge in [-0.2, -0.15) is 0 Å². The Morgan fingerprint density at radius 1 is 1.40 bits per heavy atom. The highest BCUT2D eigenvalue weighted by Gasteiger charge is 2.36. The lowest BCUT2D eigenvalue weighted by molar-refractivity contribution is -0.135. The molecule has 1 saturated carbocycles. The van der Waals surface area contributed by atoms with Gasteiger partial charge in [-0.1, -0.05) is 20.8 Å². The quantitative estimate of drug-likeness (QED) is 0.772. The smallest absolute Gasteiger partial charge is 0.240 e. The van der Waals surface area contributed by atoms with Gasteiger partial charge in [0.05, 0.1) is 6.04 Å². The van der Waals surface area contributed by atoms with E-state index < -0.39 is 6.04 Å². The van der Waals surface area contributed by atoms with E-state index in [4.69, 9.17) is 5.73 Å². The second-order valence-corrected chi connectivity index (χ2v) is 5.87. The summed E-state index contributed by atoms with van der Waals surface area (Å²) in [6, 6.07) is -0.0606. The summed E-state index contributed by atoms with van der Waals surface area (Å²) in [6.07, 6.45) is 2.51. The molecule has 0 aromatic carbocycles. The summed E-state index contributed by atoms with van der Waals surface area (Å²) in [5.74, 6) is 0.771. The summed E-state index contributed by atoms with van der Waals surface area (Å²) in [5.41, 5.74) is 5.80. The molecule has 0 spiro atoms. The monoisotopic (exact) mass is 212 g/mol. The molecular formula is C12H24N2O. The van der Waals surface area contributed by atoms with Gasteiger partial charge in [0.1, 0.15) is 0 Å². The Morgan fingerprint density at radius 2 is 1.87 bits per heavy atom. The third kappa shape index (κ3) is 2.94. The molecule has 0 bridgehead atoms. The third-order valence-electron chi connectivity index (χ3n) is 3.46. The maximum Gasteiger partial charge on any atom is 0.240 e. The minimum absolute atomic E-state index is 0.0712. The summed E-state index contributed by atoms with van der Waals surface area (Å²) < 4.78 is 0. The van der Waals surface area contributed by atoms with Crippen LogP contribution in [0.3, 0.4) is 0 Å². The van der Waals surface area contributed by atoms with E-state index >= 15 is 0 Å². The molecular weight excluding hydrogens is 188 g/mol. The molecule has 15 heavy (non-hydrogen) atoms. The van der Waals surface area contributed by atoms with Gasteiger partial charge in [0.15, 0.2) is 0 Å². The van der Waals surface area contributed by atoms with Gasteiger partial charge in [-0.15, -0.1) is 0 Å². The Morgan fingerprint density at radius 3 is 2.20 bits per heavy atom. The molecule has 1 aliphatic rings. The largest absolute Gasteiger partial charge is 0.341 e. The molecule has 0 heterocycles. The van der Waals surface area contributed by atoms with Crippen LogP contribution >= 0.6 is 0 Å². The summed E-state index contributed by atoms with van der Waals surface area (Å²) >= 11 is 0. The normalized spacial score (nSPS) is 20.9. The standard InChI is InChI=1S/C12H24N2O/c1-8(9-6-7-9)14(5)11(15)10(13)12(2,3)4/h8-10H,6-7,13H2,1-5H3. The second-order valence-electron chi connectivity index (χ2n) is 5.87. The zero-order valence-electron chi connectivity index (χ0n) is 10.6. The Labute approximate surface area is 93.0 Å². The first kappa shape index (κ1) is 12.5. The number of nitrogens with two attached hydrogens (primary N) is 1. The first-order chi connectivity index (χ1) is 6.75. The van der Waals surface area contributed by atoms with E-state index in [1.54, 1.807) is 0 Å². The fourth-order valence-corrected chi connectivity index (χ4v) is 1.69. The van der Waals surface area contributed by atoms with Crippen LogP contribution in [0.5, 0.6) is 0 Å². The van der Waals surface area contributed by atoms with Crippen molar-refractivity contribution in [2.45, 2.75) is 52.6 Å². The van der Waals surface area contributed by atoms with Gasteiger partial charge in [0.25, 0.3) is 0 Å². The van der Waals surface area contributed by atoms with Crippen LogP contribution in [0.15, 0.2) is 0 Å². The zero-order chi connectivity index (χ0) is 11.8. The molecule has 0 aromatic rings. The summed E-state index contributed by atoms with van der Waals surface area (Å²) in [5, 5.41) is 0. The van der Waals surface area contributed by atoms with Gasteiger partial charge in [-0.25, -0.2) is 0 Å². The number of nitrogens with zero attached hydrogens (tertiary/aromatic N) is 1. The minimum atomic E-state index is -0.399. The number of likely N-dealkylation sites (N-methyl/N-ethyl adjacent to an activating group) is 1. The van der Waals surface area contributed by atoms with Crippen LogP contribution in [-0.2, 0) is 4.79 Å². The Kier molecular flexibility index (Phi) is 3.44. The molecule has 88 valence electrons. The van der Waals surface area contributed by atoms with E-state index in [0.29, 0.717) is 12.0 Å². The lowest BCUT2D eigenvalue weighted by Gasteiger charge is -2.33. The van der Waals surface area contributed by atoms with E-state index in [9.17, 15) is 4.79 Å². The Hall–Kier alpha value is -0.570. The SMILES string of the molecule is CC(C1CC1)N(C)C(=O)C(N)C(C)(C)C. The van der Waals surface area contributed by atoms with Crippen LogP contribution in [0.2, 0.25) is 0 Å². The lowest BCUT2D eigenvalue weighted by Crippen LogP contribution is -2.51. The van der Waals surface area contributed by atoms with Crippen molar-refractivity contribution in [1.82, 2.24) is 4.90 Å². The zero-order valence-corrected chi connectivity index (χ0v) is 10.6. The van der Waals surface area contributed by atoms with Crippen molar-refractivity contribution < 1.29 is 4.79 Å². The van der Waals surface area contributed by atoms with Crippen molar-refractivity contribution in [3.63, 3.8) is 0 Å². The number of hydrogen-bond donors (Lipinski definition) is 1. The molecule has 0 saturated heterocycles. The van der Waals surface area contributed by atoms with E-state index in [1.807, 2.05) is 32.7 Å². The summed E-state index contributed by atoms with van der Waals surface area (Å²) in [7, 11) is 1.87. The average molecular weight is 212 g/mol. The number of hydrogen-bond acceptors (Lipinski definition) is 2. The maximum absolute atomic E-state index is 12.1. The number of rotatable bonds is 3. The molecule has 0 aromatic heterocycles. The molecule has 2 N–H and O–H groups in total. The number of carbonyl (C=O) groups is 1. The summed E-state index contributed by atoms with van der Waals surface area (Å²) in [6.45, 7) is 8.13. The first-order valence-corrected chi connectivity index (χ1v) is 5.77. The highest BCUT2D eigenvalue weighted by molar-refractivity contribution is 5.82. The fourth-order valence-electron chi connectivity index (χ4n) is 1.69. The molecule has 3 heteroatoms. The fraction of sp³-hybridized carbons (Fsp3) is 0.917. The molecule has 0 radical (unpaired) electrons. The van der Waals surface area contributed by atoms with Crippen molar-refractivity contribution >= 4 is 5.91 Å². The van der Waals surface area contributed by atoms with E-state index in [2.05, 4.69) is 6.92 Å².